The highest BCUT2D eigenvalue weighted by Crippen LogP contribution is 2.22. The summed E-state index contributed by atoms with van der Waals surface area (Å²) in [5, 5.41) is 3.21. The fourth-order valence-electron chi connectivity index (χ4n) is 0.823. The minimum Gasteiger partial charge on any atom is -0.384 e. The molecule has 0 fully saturated rings. The molecule has 66 valence electrons. The average molecular weight is 341 g/mol. The Morgan fingerprint density at radius 2 is 2.25 bits per heavy atom. The van der Waals surface area contributed by atoms with Crippen LogP contribution in [-0.4, -0.2) is 13.1 Å². The van der Waals surface area contributed by atoms with Crippen LogP contribution in [0.1, 0.15) is 0 Å². The zero-order valence-electron chi connectivity index (χ0n) is 6.48. The highest BCUT2D eigenvalue weighted by atomic mass is 127. The van der Waals surface area contributed by atoms with Crippen LogP contribution >= 0.6 is 38.5 Å². The van der Waals surface area contributed by atoms with Gasteiger partial charge in [0.25, 0.3) is 0 Å². The maximum Gasteiger partial charge on any atom is 0.0352 e. The summed E-state index contributed by atoms with van der Waals surface area (Å²) in [6.07, 6.45) is 0. The molecule has 0 amide bonds. The number of hydrogen-bond donors (Lipinski definition) is 2. The quantitative estimate of drug-likeness (QED) is 0.829. The first kappa shape index (κ1) is 10.3. The number of hydrogen-bond acceptors (Lipinski definition) is 2. The van der Waals surface area contributed by atoms with Gasteiger partial charge >= 0.3 is 0 Å². The monoisotopic (exact) mass is 340 g/mol. The van der Waals surface area contributed by atoms with Gasteiger partial charge in [0, 0.05) is 26.8 Å². The van der Waals surface area contributed by atoms with Crippen molar-refractivity contribution in [3.8, 4) is 0 Å². The molecule has 0 aliphatic rings. The van der Waals surface area contributed by atoms with E-state index >= 15 is 0 Å². The summed E-state index contributed by atoms with van der Waals surface area (Å²) < 4.78 is 2.33. The zero-order chi connectivity index (χ0) is 8.97. The Hall–Kier alpha value is 0.190. The Bertz CT molecular complexity index is 265. The first-order valence-corrected chi connectivity index (χ1v) is 5.50. The lowest BCUT2D eigenvalue weighted by atomic mass is 10.3. The summed E-state index contributed by atoms with van der Waals surface area (Å²) in [4.78, 5) is 0. The molecular weight excluding hydrogens is 331 g/mol. The zero-order valence-corrected chi connectivity index (χ0v) is 10.2. The van der Waals surface area contributed by atoms with Gasteiger partial charge in [-0.1, -0.05) is 0 Å². The van der Waals surface area contributed by atoms with Gasteiger partial charge in [0.2, 0.25) is 0 Å². The third-order valence-corrected chi connectivity index (χ3v) is 3.72. The van der Waals surface area contributed by atoms with Crippen molar-refractivity contribution in [1.82, 2.24) is 0 Å². The lowest BCUT2D eigenvalue weighted by Gasteiger charge is -2.05. The molecule has 1 rings (SSSR count). The van der Waals surface area contributed by atoms with Gasteiger partial charge in [-0.2, -0.15) is 0 Å². The van der Waals surface area contributed by atoms with Crippen LogP contribution in [-0.2, 0) is 0 Å². The van der Waals surface area contributed by atoms with Gasteiger partial charge in [-0.25, -0.2) is 0 Å². The summed E-state index contributed by atoms with van der Waals surface area (Å²) in [5.41, 5.74) is 6.49. The molecule has 0 atom stereocenters. The Labute approximate surface area is 94.2 Å². The summed E-state index contributed by atoms with van der Waals surface area (Å²) >= 11 is 5.72. The molecular formula is C8H10BrIN2. The van der Waals surface area contributed by atoms with E-state index in [-0.39, 0.29) is 0 Å². The third kappa shape index (κ3) is 2.91. The van der Waals surface area contributed by atoms with Crippen molar-refractivity contribution in [2.24, 2.45) is 5.73 Å². The molecule has 0 unspecified atom stereocenters. The molecule has 0 aromatic heterocycles. The molecule has 3 N–H and O–H groups in total. The number of anilines is 1. The lowest BCUT2D eigenvalue weighted by molar-refractivity contribution is 1.02. The molecule has 0 heterocycles. The van der Waals surface area contributed by atoms with E-state index in [1.807, 2.05) is 12.1 Å². The van der Waals surface area contributed by atoms with Crippen molar-refractivity contribution in [1.29, 1.82) is 0 Å². The number of halogens is 2. The maximum atomic E-state index is 5.37. The Kier molecular flexibility index (Phi) is 4.31. The van der Waals surface area contributed by atoms with E-state index in [0.717, 1.165) is 16.7 Å². The highest BCUT2D eigenvalue weighted by molar-refractivity contribution is 14.1. The van der Waals surface area contributed by atoms with Gasteiger partial charge in [-0.3, -0.25) is 0 Å². The molecule has 0 radical (unpaired) electrons. The van der Waals surface area contributed by atoms with Crippen LogP contribution in [0.3, 0.4) is 0 Å². The fraction of sp³-hybridized carbons (Fsp3) is 0.250. The largest absolute Gasteiger partial charge is 0.384 e. The molecule has 1 aromatic carbocycles. The first-order valence-electron chi connectivity index (χ1n) is 3.63. The van der Waals surface area contributed by atoms with Crippen molar-refractivity contribution < 1.29 is 0 Å². The minimum atomic E-state index is 0.659. The van der Waals surface area contributed by atoms with Gasteiger partial charge in [0.1, 0.15) is 0 Å². The van der Waals surface area contributed by atoms with Gasteiger partial charge in [0.05, 0.1) is 0 Å². The predicted molar refractivity (Wildman–Crippen MR) is 64.4 cm³/mol. The molecule has 0 saturated carbocycles. The normalized spacial score (nSPS) is 9.92. The fourth-order valence-corrected chi connectivity index (χ4v) is 1.58. The Morgan fingerprint density at radius 3 is 2.83 bits per heavy atom. The highest BCUT2D eigenvalue weighted by Gasteiger charge is 1.96. The third-order valence-electron chi connectivity index (χ3n) is 1.39. The van der Waals surface area contributed by atoms with E-state index in [2.05, 4.69) is 49.9 Å². The van der Waals surface area contributed by atoms with Crippen LogP contribution in [0.15, 0.2) is 22.7 Å². The summed E-state index contributed by atoms with van der Waals surface area (Å²) in [6.45, 7) is 1.48. The molecule has 4 heteroatoms. The van der Waals surface area contributed by atoms with Gasteiger partial charge in [0.15, 0.2) is 0 Å². The van der Waals surface area contributed by atoms with Crippen molar-refractivity contribution >= 4 is 44.2 Å². The van der Waals surface area contributed by atoms with Crippen molar-refractivity contribution in [3.63, 3.8) is 0 Å². The number of nitrogens with two attached hydrogens (primary N) is 1. The van der Waals surface area contributed by atoms with E-state index in [9.17, 15) is 0 Å². The second-order valence-electron chi connectivity index (χ2n) is 2.34. The van der Waals surface area contributed by atoms with Gasteiger partial charge < -0.3 is 11.1 Å². The number of benzene rings is 1. The van der Waals surface area contributed by atoms with E-state index in [4.69, 9.17) is 5.73 Å². The van der Waals surface area contributed by atoms with E-state index in [1.54, 1.807) is 0 Å². The number of rotatable bonds is 3. The second-order valence-corrected chi connectivity index (χ2v) is 4.36. The van der Waals surface area contributed by atoms with Gasteiger partial charge in [-0.15, -0.1) is 0 Å². The standard InChI is InChI=1S/C8H10BrIN2/c9-7-2-1-6(5-8(7)10)12-4-3-11/h1-2,5,12H,3-4,11H2. The van der Waals surface area contributed by atoms with Crippen LogP contribution < -0.4 is 11.1 Å². The van der Waals surface area contributed by atoms with E-state index < -0.39 is 0 Å². The molecule has 12 heavy (non-hydrogen) atoms. The summed E-state index contributed by atoms with van der Waals surface area (Å²) in [6, 6.07) is 6.14. The van der Waals surface area contributed by atoms with Crippen LogP contribution in [0.4, 0.5) is 5.69 Å². The SMILES string of the molecule is NCCNc1ccc(Br)c(I)c1. The van der Waals surface area contributed by atoms with E-state index in [0.29, 0.717) is 6.54 Å². The van der Waals surface area contributed by atoms with Crippen molar-refractivity contribution in [3.05, 3.63) is 26.2 Å². The first-order chi connectivity index (χ1) is 5.74. The molecule has 2 nitrogen and oxygen atoms in total. The average Bonchev–Trinajstić information content (AvgIpc) is 2.07. The number of nitrogens with one attached hydrogen (secondary N) is 1. The summed E-state index contributed by atoms with van der Waals surface area (Å²) in [7, 11) is 0. The summed E-state index contributed by atoms with van der Waals surface area (Å²) in [5.74, 6) is 0. The van der Waals surface area contributed by atoms with Gasteiger partial charge in [-0.05, 0) is 56.7 Å². The predicted octanol–water partition coefficient (Wildman–Crippen LogP) is 2.42. The Morgan fingerprint density at radius 1 is 1.50 bits per heavy atom. The van der Waals surface area contributed by atoms with E-state index in [1.165, 1.54) is 3.57 Å². The molecule has 0 bridgehead atoms. The molecule has 0 saturated heterocycles. The molecule has 1 aromatic rings. The molecule has 0 aliphatic heterocycles. The Balaban J connectivity index is 2.69. The second kappa shape index (κ2) is 5.04. The molecule has 0 spiro atoms. The smallest absolute Gasteiger partial charge is 0.0352 e. The molecule has 0 aliphatic carbocycles. The van der Waals surface area contributed by atoms with Crippen LogP contribution in [0.5, 0.6) is 0 Å². The lowest BCUT2D eigenvalue weighted by Crippen LogP contribution is -2.12. The maximum absolute atomic E-state index is 5.37. The van der Waals surface area contributed by atoms with Crippen LogP contribution in [0.25, 0.3) is 0 Å². The topological polar surface area (TPSA) is 38.0 Å². The van der Waals surface area contributed by atoms with Crippen LogP contribution in [0.2, 0.25) is 0 Å². The van der Waals surface area contributed by atoms with Crippen molar-refractivity contribution in [2.45, 2.75) is 0 Å². The van der Waals surface area contributed by atoms with Crippen molar-refractivity contribution in [2.75, 3.05) is 18.4 Å². The van der Waals surface area contributed by atoms with Crippen LogP contribution in [0, 0.1) is 3.57 Å². The minimum absolute atomic E-state index is 0.659.